The number of thioether (sulfide) groups is 1. The van der Waals surface area contributed by atoms with Gasteiger partial charge in [-0.15, -0.1) is 5.10 Å². The molecule has 166 valence electrons. The number of aryl methyl sites for hydroxylation is 1. The number of hydrogen-bond acceptors (Lipinski definition) is 8. The zero-order valence-electron chi connectivity index (χ0n) is 18.2. The van der Waals surface area contributed by atoms with E-state index in [1.54, 1.807) is 38.0 Å². The second-order valence-corrected chi connectivity index (χ2v) is 7.85. The molecule has 0 bridgehead atoms. The number of rotatable bonds is 8. The zero-order valence-corrected chi connectivity index (χ0v) is 19.0. The minimum atomic E-state index is -0.135. The van der Waals surface area contributed by atoms with Crippen LogP contribution in [0.1, 0.15) is 11.4 Å². The van der Waals surface area contributed by atoms with Gasteiger partial charge in [0, 0.05) is 11.9 Å². The maximum Gasteiger partial charge on any atom is 0.230 e. The van der Waals surface area contributed by atoms with Crippen molar-refractivity contribution in [1.29, 1.82) is 0 Å². The van der Waals surface area contributed by atoms with Gasteiger partial charge in [-0.25, -0.2) is 9.97 Å². The maximum atomic E-state index is 12.5. The lowest BCUT2D eigenvalue weighted by molar-refractivity contribution is -0.118. The number of nitrogens with zero attached hydrogens (tertiary/aromatic N) is 4. The lowest BCUT2D eigenvalue weighted by Gasteiger charge is -2.14. The molecule has 2 aromatic carbocycles. The van der Waals surface area contributed by atoms with Gasteiger partial charge in [0.25, 0.3) is 0 Å². The van der Waals surface area contributed by atoms with Crippen molar-refractivity contribution in [3.05, 3.63) is 47.8 Å². The van der Waals surface area contributed by atoms with Gasteiger partial charge in [-0.3, -0.25) is 4.79 Å². The summed E-state index contributed by atoms with van der Waals surface area (Å²) in [6.45, 7) is 2.15. The van der Waals surface area contributed by atoms with Crippen molar-refractivity contribution in [2.45, 2.75) is 18.6 Å². The molecule has 0 unspecified atom stereocenters. The molecule has 0 spiro atoms. The fourth-order valence-corrected chi connectivity index (χ4v) is 4.12. The molecule has 1 N–H and O–H groups in total. The highest BCUT2D eigenvalue weighted by atomic mass is 32.2. The van der Waals surface area contributed by atoms with Crippen LogP contribution in [0.4, 0.5) is 0 Å². The van der Waals surface area contributed by atoms with Crippen molar-refractivity contribution in [3.63, 3.8) is 0 Å². The number of aromatic nitrogens is 4. The van der Waals surface area contributed by atoms with Crippen molar-refractivity contribution >= 4 is 34.2 Å². The van der Waals surface area contributed by atoms with Gasteiger partial charge in [-0.1, -0.05) is 23.9 Å². The smallest absolute Gasteiger partial charge is 0.230 e. The second kappa shape index (κ2) is 9.31. The van der Waals surface area contributed by atoms with Gasteiger partial charge in [0.15, 0.2) is 22.3 Å². The lowest BCUT2D eigenvalue weighted by Crippen LogP contribution is -2.24. The molecule has 0 saturated carbocycles. The third kappa shape index (κ3) is 4.26. The summed E-state index contributed by atoms with van der Waals surface area (Å²) in [5, 5.41) is 8.89. The Kier molecular flexibility index (Phi) is 6.31. The molecule has 4 rings (SSSR count). The minimum absolute atomic E-state index is 0.135. The highest BCUT2D eigenvalue weighted by molar-refractivity contribution is 7.99. The first-order chi connectivity index (χ1) is 15.5. The Labute approximate surface area is 189 Å². The Morgan fingerprint density at radius 1 is 1.06 bits per heavy atom. The van der Waals surface area contributed by atoms with E-state index >= 15 is 0 Å². The molecule has 0 atom stereocenters. The van der Waals surface area contributed by atoms with Crippen molar-refractivity contribution in [3.8, 4) is 17.2 Å². The van der Waals surface area contributed by atoms with Gasteiger partial charge in [0.2, 0.25) is 11.7 Å². The number of ether oxygens (including phenoxy) is 3. The van der Waals surface area contributed by atoms with Gasteiger partial charge in [0.1, 0.15) is 5.82 Å². The summed E-state index contributed by atoms with van der Waals surface area (Å²) in [5.41, 5.74) is 2.37. The van der Waals surface area contributed by atoms with E-state index in [2.05, 4.69) is 20.4 Å². The number of carbonyl (C=O) groups is 1. The molecular weight excluding hydrogens is 430 g/mol. The quantitative estimate of drug-likeness (QED) is 0.321. The molecule has 2 heterocycles. The number of benzene rings is 2. The number of fused-ring (bicyclic) bond motifs is 3. The van der Waals surface area contributed by atoms with Crippen molar-refractivity contribution in [2.24, 2.45) is 0 Å². The molecule has 0 aliphatic rings. The molecular formula is C22H23N5O4S. The van der Waals surface area contributed by atoms with E-state index in [4.69, 9.17) is 14.2 Å². The van der Waals surface area contributed by atoms with Crippen LogP contribution in [0, 0.1) is 6.92 Å². The standard InChI is InChI=1S/C22H23N5O4S/c1-13-24-21-15-7-5-6-8-16(15)25-22(27(21)26-13)32-12-19(28)23-11-14-9-17(29-2)20(31-4)18(10-14)30-3/h5-10H,11-12H2,1-4H3,(H,23,28). The van der Waals surface area contributed by atoms with Crippen molar-refractivity contribution < 1.29 is 19.0 Å². The molecule has 0 aliphatic heterocycles. The average Bonchev–Trinajstić information content (AvgIpc) is 3.22. The van der Waals surface area contributed by atoms with Gasteiger partial charge >= 0.3 is 0 Å². The number of para-hydroxylation sites is 1. The van der Waals surface area contributed by atoms with Gasteiger partial charge < -0.3 is 19.5 Å². The van der Waals surface area contributed by atoms with Crippen LogP contribution >= 0.6 is 11.8 Å². The van der Waals surface area contributed by atoms with E-state index in [0.717, 1.165) is 22.1 Å². The molecule has 32 heavy (non-hydrogen) atoms. The summed E-state index contributed by atoms with van der Waals surface area (Å²) in [4.78, 5) is 21.7. The fraction of sp³-hybridized carbons (Fsp3) is 0.273. The van der Waals surface area contributed by atoms with E-state index in [1.165, 1.54) is 11.8 Å². The Hall–Kier alpha value is -3.53. The monoisotopic (exact) mass is 453 g/mol. The van der Waals surface area contributed by atoms with E-state index < -0.39 is 0 Å². The number of carbonyl (C=O) groups excluding carboxylic acids is 1. The largest absolute Gasteiger partial charge is 0.493 e. The zero-order chi connectivity index (χ0) is 22.7. The van der Waals surface area contributed by atoms with E-state index in [1.807, 2.05) is 31.2 Å². The highest BCUT2D eigenvalue weighted by Gasteiger charge is 2.15. The van der Waals surface area contributed by atoms with Gasteiger partial charge in [-0.2, -0.15) is 4.52 Å². The van der Waals surface area contributed by atoms with Crippen LogP contribution in [0.15, 0.2) is 41.6 Å². The number of amides is 1. The third-order valence-electron chi connectivity index (χ3n) is 4.80. The van der Waals surface area contributed by atoms with Crippen LogP contribution in [0.2, 0.25) is 0 Å². The number of nitrogens with one attached hydrogen (secondary N) is 1. The van der Waals surface area contributed by atoms with Crippen molar-refractivity contribution in [2.75, 3.05) is 27.1 Å². The molecule has 2 aromatic heterocycles. The Balaban J connectivity index is 1.47. The topological polar surface area (TPSA) is 99.9 Å². The molecule has 0 radical (unpaired) electrons. The van der Waals surface area contributed by atoms with Crippen LogP contribution < -0.4 is 19.5 Å². The average molecular weight is 454 g/mol. The Morgan fingerprint density at radius 2 is 1.78 bits per heavy atom. The minimum Gasteiger partial charge on any atom is -0.493 e. The van der Waals surface area contributed by atoms with E-state index in [-0.39, 0.29) is 11.7 Å². The SMILES string of the molecule is COc1cc(CNC(=O)CSc2nc3ccccc3c3nc(C)nn23)cc(OC)c1OC. The van der Waals surface area contributed by atoms with Crippen LogP contribution in [0.3, 0.4) is 0 Å². The number of methoxy groups -OCH3 is 3. The second-order valence-electron chi connectivity index (χ2n) is 6.90. The normalized spacial score (nSPS) is 11.0. The predicted octanol–water partition coefficient (Wildman–Crippen LogP) is 3.02. The molecule has 10 heteroatoms. The summed E-state index contributed by atoms with van der Waals surface area (Å²) in [6.07, 6.45) is 0. The van der Waals surface area contributed by atoms with Gasteiger partial charge in [0.05, 0.1) is 32.6 Å². The Bertz CT molecular complexity index is 1270. The summed E-state index contributed by atoms with van der Waals surface area (Å²) < 4.78 is 17.7. The van der Waals surface area contributed by atoms with Crippen LogP contribution in [0.5, 0.6) is 17.2 Å². The molecule has 0 aliphatic carbocycles. The van der Waals surface area contributed by atoms with Gasteiger partial charge in [-0.05, 0) is 36.8 Å². The molecule has 1 amide bonds. The first-order valence-electron chi connectivity index (χ1n) is 9.84. The van der Waals surface area contributed by atoms with E-state index in [9.17, 15) is 4.79 Å². The highest BCUT2D eigenvalue weighted by Crippen LogP contribution is 2.38. The number of hydrogen-bond donors (Lipinski definition) is 1. The van der Waals surface area contributed by atoms with Crippen molar-refractivity contribution in [1.82, 2.24) is 24.9 Å². The molecule has 0 saturated heterocycles. The summed E-state index contributed by atoms with van der Waals surface area (Å²) in [5.74, 6) is 2.28. The van der Waals surface area contributed by atoms with Crippen LogP contribution in [-0.2, 0) is 11.3 Å². The molecule has 4 aromatic rings. The molecule has 9 nitrogen and oxygen atoms in total. The van der Waals surface area contributed by atoms with Crippen LogP contribution in [-0.4, -0.2) is 52.6 Å². The summed E-state index contributed by atoms with van der Waals surface area (Å²) in [7, 11) is 4.66. The molecule has 0 fully saturated rings. The summed E-state index contributed by atoms with van der Waals surface area (Å²) >= 11 is 1.31. The van der Waals surface area contributed by atoms with Crippen LogP contribution in [0.25, 0.3) is 16.6 Å². The first-order valence-corrected chi connectivity index (χ1v) is 10.8. The van der Waals surface area contributed by atoms with E-state index in [0.29, 0.717) is 34.8 Å². The third-order valence-corrected chi connectivity index (χ3v) is 5.73. The lowest BCUT2D eigenvalue weighted by atomic mass is 10.2. The summed E-state index contributed by atoms with van der Waals surface area (Å²) in [6, 6.07) is 11.4. The fourth-order valence-electron chi connectivity index (χ4n) is 3.35. The first kappa shape index (κ1) is 21.7. The Morgan fingerprint density at radius 3 is 2.47 bits per heavy atom. The maximum absolute atomic E-state index is 12.5. The predicted molar refractivity (Wildman–Crippen MR) is 122 cm³/mol.